The van der Waals surface area contributed by atoms with E-state index in [0.29, 0.717) is 19.5 Å². The molecule has 1 heterocycles. The van der Waals surface area contributed by atoms with Crippen LogP contribution >= 0.6 is 0 Å². The van der Waals surface area contributed by atoms with Crippen molar-refractivity contribution in [2.75, 3.05) is 26.7 Å². The van der Waals surface area contributed by atoms with Crippen molar-refractivity contribution in [2.45, 2.75) is 31.7 Å². The van der Waals surface area contributed by atoms with E-state index < -0.39 is 0 Å². The van der Waals surface area contributed by atoms with E-state index in [2.05, 4.69) is 0 Å². The van der Waals surface area contributed by atoms with Gasteiger partial charge in [0.15, 0.2) is 0 Å². The topological polar surface area (TPSA) is 60.9 Å². The van der Waals surface area contributed by atoms with E-state index in [1.807, 2.05) is 0 Å². The van der Waals surface area contributed by atoms with E-state index >= 15 is 0 Å². The molecule has 1 N–H and O–H groups in total. The maximum atomic E-state index is 12.3. The second-order valence-corrected chi connectivity index (χ2v) is 5.02. The molecule has 1 unspecified atom stereocenters. The third-order valence-electron chi connectivity index (χ3n) is 3.83. The Morgan fingerprint density at radius 2 is 2.24 bits per heavy atom. The van der Waals surface area contributed by atoms with Crippen molar-refractivity contribution in [1.29, 1.82) is 0 Å². The van der Waals surface area contributed by atoms with Crippen molar-refractivity contribution < 1.29 is 14.7 Å². The van der Waals surface area contributed by atoms with Crippen molar-refractivity contribution in [3.8, 4) is 0 Å². The molecule has 0 aromatic rings. The van der Waals surface area contributed by atoms with Gasteiger partial charge in [0.25, 0.3) is 0 Å². The Labute approximate surface area is 101 Å². The zero-order valence-electron chi connectivity index (χ0n) is 10.3. The van der Waals surface area contributed by atoms with Gasteiger partial charge in [-0.15, -0.1) is 0 Å². The smallest absolute Gasteiger partial charge is 0.228 e. The van der Waals surface area contributed by atoms with E-state index in [1.54, 1.807) is 16.8 Å². The molecular weight excluding hydrogens is 220 g/mol. The molecular formula is C12H20N2O3. The van der Waals surface area contributed by atoms with Crippen LogP contribution in [0.15, 0.2) is 0 Å². The molecule has 2 amide bonds. The zero-order chi connectivity index (χ0) is 12.4. The summed E-state index contributed by atoms with van der Waals surface area (Å²) < 4.78 is 0. The summed E-state index contributed by atoms with van der Waals surface area (Å²) in [7, 11) is 1.73. The lowest BCUT2D eigenvalue weighted by Crippen LogP contribution is -2.48. The molecule has 5 nitrogen and oxygen atoms in total. The Morgan fingerprint density at radius 3 is 2.65 bits per heavy atom. The molecule has 0 aromatic carbocycles. The number of hydrogen-bond acceptors (Lipinski definition) is 3. The van der Waals surface area contributed by atoms with Crippen LogP contribution in [0.25, 0.3) is 0 Å². The molecule has 2 fully saturated rings. The van der Waals surface area contributed by atoms with E-state index in [0.717, 1.165) is 19.3 Å². The van der Waals surface area contributed by atoms with Gasteiger partial charge in [-0.2, -0.15) is 0 Å². The lowest BCUT2D eigenvalue weighted by Gasteiger charge is -2.38. The molecule has 2 rings (SSSR count). The fourth-order valence-electron chi connectivity index (χ4n) is 2.54. The molecule has 0 radical (unpaired) electrons. The Balaban J connectivity index is 1.98. The quantitative estimate of drug-likeness (QED) is 0.742. The highest BCUT2D eigenvalue weighted by molar-refractivity contribution is 5.89. The van der Waals surface area contributed by atoms with Crippen molar-refractivity contribution in [3.63, 3.8) is 0 Å². The first-order valence-corrected chi connectivity index (χ1v) is 6.28. The van der Waals surface area contributed by atoms with Gasteiger partial charge in [-0.05, 0) is 19.3 Å². The molecule has 1 saturated heterocycles. The molecule has 17 heavy (non-hydrogen) atoms. The maximum Gasteiger partial charge on any atom is 0.228 e. The molecule has 0 aromatic heterocycles. The minimum Gasteiger partial charge on any atom is -0.395 e. The average Bonchev–Trinajstić information content (AvgIpc) is 2.55. The van der Waals surface area contributed by atoms with Crippen LogP contribution < -0.4 is 0 Å². The number of aliphatic hydroxyl groups excluding tert-OH is 1. The highest BCUT2D eigenvalue weighted by Crippen LogP contribution is 2.28. The highest BCUT2D eigenvalue weighted by Gasteiger charge is 2.37. The zero-order valence-corrected chi connectivity index (χ0v) is 10.3. The van der Waals surface area contributed by atoms with Gasteiger partial charge in [0.1, 0.15) is 0 Å². The third kappa shape index (κ3) is 2.44. The van der Waals surface area contributed by atoms with Crippen LogP contribution in [0.4, 0.5) is 0 Å². The largest absolute Gasteiger partial charge is 0.395 e. The first-order chi connectivity index (χ1) is 8.13. The normalized spacial score (nSPS) is 24.9. The molecule has 1 saturated carbocycles. The molecule has 0 spiro atoms. The highest BCUT2D eigenvalue weighted by atomic mass is 16.3. The molecule has 5 heteroatoms. The van der Waals surface area contributed by atoms with Gasteiger partial charge < -0.3 is 14.9 Å². The van der Waals surface area contributed by atoms with E-state index in [9.17, 15) is 9.59 Å². The van der Waals surface area contributed by atoms with Crippen molar-refractivity contribution in [1.82, 2.24) is 9.80 Å². The molecule has 1 atom stereocenters. The van der Waals surface area contributed by atoms with Gasteiger partial charge in [0.2, 0.25) is 11.8 Å². The number of carbonyl (C=O) groups excluding carboxylic acids is 2. The summed E-state index contributed by atoms with van der Waals surface area (Å²) in [6.45, 7) is 0.920. The van der Waals surface area contributed by atoms with Crippen LogP contribution in [-0.2, 0) is 9.59 Å². The fourth-order valence-corrected chi connectivity index (χ4v) is 2.54. The van der Waals surface area contributed by atoms with Crippen LogP contribution in [0, 0.1) is 5.92 Å². The molecule has 1 aliphatic carbocycles. The van der Waals surface area contributed by atoms with E-state index in [-0.39, 0.29) is 30.4 Å². The Morgan fingerprint density at radius 1 is 1.53 bits per heavy atom. The summed E-state index contributed by atoms with van der Waals surface area (Å²) in [5.74, 6) is -0.123. The Kier molecular flexibility index (Phi) is 3.66. The second kappa shape index (κ2) is 5.04. The monoisotopic (exact) mass is 240 g/mol. The molecule has 2 aliphatic rings. The maximum absolute atomic E-state index is 12.3. The number of nitrogens with zero attached hydrogens (tertiary/aromatic N) is 2. The van der Waals surface area contributed by atoms with Crippen molar-refractivity contribution >= 4 is 11.8 Å². The first-order valence-electron chi connectivity index (χ1n) is 6.28. The summed E-state index contributed by atoms with van der Waals surface area (Å²) in [6, 6.07) is 0.288. The second-order valence-electron chi connectivity index (χ2n) is 5.02. The van der Waals surface area contributed by atoms with Gasteiger partial charge in [-0.1, -0.05) is 0 Å². The van der Waals surface area contributed by atoms with Crippen molar-refractivity contribution in [3.05, 3.63) is 0 Å². The fraction of sp³-hybridized carbons (Fsp3) is 0.833. The third-order valence-corrected chi connectivity index (χ3v) is 3.83. The Bertz CT molecular complexity index is 315. The number of likely N-dealkylation sites (tertiary alicyclic amines) is 1. The van der Waals surface area contributed by atoms with Crippen LogP contribution in [0.5, 0.6) is 0 Å². The predicted molar refractivity (Wildman–Crippen MR) is 62.2 cm³/mol. The number of rotatable bonds is 4. The minimum atomic E-state index is -0.209. The number of aliphatic hydroxyl groups is 1. The summed E-state index contributed by atoms with van der Waals surface area (Å²) in [5.41, 5.74) is 0. The van der Waals surface area contributed by atoms with Gasteiger partial charge in [-0.25, -0.2) is 0 Å². The summed E-state index contributed by atoms with van der Waals surface area (Å²) in [5, 5.41) is 9.03. The Hall–Kier alpha value is -1.10. The molecule has 1 aliphatic heterocycles. The lowest BCUT2D eigenvalue weighted by molar-refractivity contribution is -0.140. The predicted octanol–water partition coefficient (Wildman–Crippen LogP) is -0.162. The lowest BCUT2D eigenvalue weighted by atomic mass is 9.90. The van der Waals surface area contributed by atoms with E-state index in [4.69, 9.17) is 5.11 Å². The van der Waals surface area contributed by atoms with Gasteiger partial charge in [-0.3, -0.25) is 9.59 Å². The summed E-state index contributed by atoms with van der Waals surface area (Å²) in [4.78, 5) is 27.1. The SMILES string of the molecule is CN1CC(C(=O)N(CCO)C2CCC2)CC1=O. The summed E-state index contributed by atoms with van der Waals surface area (Å²) in [6.07, 6.45) is 3.54. The molecule has 96 valence electrons. The number of carbonyl (C=O) groups is 2. The number of hydrogen-bond donors (Lipinski definition) is 1. The van der Waals surface area contributed by atoms with Crippen LogP contribution in [0.2, 0.25) is 0 Å². The molecule has 0 bridgehead atoms. The van der Waals surface area contributed by atoms with Crippen LogP contribution in [0.1, 0.15) is 25.7 Å². The standard InChI is InChI=1S/C12H20N2O3/c1-13-8-9(7-11(13)16)12(17)14(5-6-15)10-3-2-4-10/h9-10,15H,2-8H2,1H3. The summed E-state index contributed by atoms with van der Waals surface area (Å²) >= 11 is 0. The average molecular weight is 240 g/mol. The minimum absolute atomic E-state index is 0.00124. The van der Waals surface area contributed by atoms with Crippen LogP contribution in [0.3, 0.4) is 0 Å². The van der Waals surface area contributed by atoms with Gasteiger partial charge >= 0.3 is 0 Å². The number of amides is 2. The van der Waals surface area contributed by atoms with Gasteiger partial charge in [0, 0.05) is 32.6 Å². The van der Waals surface area contributed by atoms with Crippen LogP contribution in [-0.4, -0.2) is 59.5 Å². The van der Waals surface area contributed by atoms with Crippen molar-refractivity contribution in [2.24, 2.45) is 5.92 Å². The first kappa shape index (κ1) is 12.4. The van der Waals surface area contributed by atoms with Gasteiger partial charge in [0.05, 0.1) is 12.5 Å². The van der Waals surface area contributed by atoms with E-state index in [1.165, 1.54) is 0 Å².